The molecule has 1 aliphatic rings. The first-order valence-corrected chi connectivity index (χ1v) is 10.7. The van der Waals surface area contributed by atoms with E-state index in [1.165, 1.54) is 0 Å². The fourth-order valence-electron chi connectivity index (χ4n) is 5.16. The number of aromatic nitrogens is 5. The molecule has 168 valence electrons. The Morgan fingerprint density at radius 3 is 2.44 bits per heavy atom. The summed E-state index contributed by atoms with van der Waals surface area (Å²) in [6.07, 6.45) is 9.43. The third-order valence-electron chi connectivity index (χ3n) is 6.08. The number of halogens is 1. The molecule has 1 aliphatic heterocycles. The molecule has 0 saturated carbocycles. The van der Waals surface area contributed by atoms with Gasteiger partial charge in [-0.05, 0) is 64.3 Å². The van der Waals surface area contributed by atoms with Crippen LogP contribution in [-0.4, -0.2) is 40.9 Å². The van der Waals surface area contributed by atoms with Crippen LogP contribution >= 0.6 is 12.4 Å². The van der Waals surface area contributed by atoms with Gasteiger partial charge in [-0.15, -0.1) is 12.4 Å². The van der Waals surface area contributed by atoms with Gasteiger partial charge in [0.25, 0.3) is 0 Å². The molecule has 1 aromatic carbocycles. The molecule has 0 unspecified atom stereocenters. The number of piperidine rings is 1. The van der Waals surface area contributed by atoms with Gasteiger partial charge in [0.05, 0.1) is 18.1 Å². The van der Waals surface area contributed by atoms with Crippen LogP contribution in [0.2, 0.25) is 0 Å². The molecule has 8 heteroatoms. The van der Waals surface area contributed by atoms with E-state index >= 15 is 0 Å². The SMILES string of the molecule is CC1(C)CC(n2ccc3nc(-c4ccc(-c5cn[nH]c5)cc4O)cnc32)CC(C)(C)N1.Cl. The van der Waals surface area contributed by atoms with Gasteiger partial charge in [0.15, 0.2) is 5.65 Å². The van der Waals surface area contributed by atoms with Crippen LogP contribution in [-0.2, 0) is 0 Å². The van der Waals surface area contributed by atoms with Gasteiger partial charge in [-0.25, -0.2) is 9.97 Å². The number of nitrogens with one attached hydrogen (secondary N) is 2. The van der Waals surface area contributed by atoms with Crippen molar-refractivity contribution in [3.63, 3.8) is 0 Å². The van der Waals surface area contributed by atoms with Crippen molar-refractivity contribution in [1.29, 1.82) is 0 Å². The van der Waals surface area contributed by atoms with Crippen LogP contribution in [0.5, 0.6) is 5.75 Å². The number of aromatic amines is 1. The van der Waals surface area contributed by atoms with Crippen molar-refractivity contribution in [2.75, 3.05) is 0 Å². The lowest BCUT2D eigenvalue weighted by Crippen LogP contribution is -2.57. The predicted octanol–water partition coefficient (Wildman–Crippen LogP) is 5.10. The second-order valence-electron chi connectivity index (χ2n) is 9.86. The van der Waals surface area contributed by atoms with Crippen LogP contribution in [0.1, 0.15) is 46.6 Å². The molecule has 32 heavy (non-hydrogen) atoms. The fourth-order valence-corrected chi connectivity index (χ4v) is 5.16. The molecule has 0 atom stereocenters. The van der Waals surface area contributed by atoms with E-state index in [1.807, 2.05) is 18.2 Å². The summed E-state index contributed by atoms with van der Waals surface area (Å²) < 4.78 is 2.26. The van der Waals surface area contributed by atoms with E-state index in [4.69, 9.17) is 9.97 Å². The predicted molar refractivity (Wildman–Crippen MR) is 129 cm³/mol. The zero-order chi connectivity index (χ0) is 21.8. The van der Waals surface area contributed by atoms with Crippen molar-refractivity contribution in [3.8, 4) is 28.1 Å². The fraction of sp³-hybridized carbons (Fsp3) is 0.375. The Morgan fingerprint density at radius 1 is 1.03 bits per heavy atom. The van der Waals surface area contributed by atoms with Gasteiger partial charge in [0.1, 0.15) is 11.3 Å². The summed E-state index contributed by atoms with van der Waals surface area (Å²) in [5.41, 5.74) is 4.98. The van der Waals surface area contributed by atoms with Crippen molar-refractivity contribution < 1.29 is 5.11 Å². The van der Waals surface area contributed by atoms with Gasteiger partial charge in [0, 0.05) is 40.6 Å². The molecule has 0 radical (unpaired) electrons. The molecule has 0 spiro atoms. The highest BCUT2D eigenvalue weighted by atomic mass is 35.5. The van der Waals surface area contributed by atoms with Gasteiger partial charge in [0.2, 0.25) is 0 Å². The molecule has 3 aromatic heterocycles. The molecule has 4 aromatic rings. The summed E-state index contributed by atoms with van der Waals surface area (Å²) in [6.45, 7) is 9.03. The number of hydrogen-bond donors (Lipinski definition) is 3. The van der Waals surface area contributed by atoms with E-state index in [2.05, 4.69) is 54.0 Å². The third-order valence-corrected chi connectivity index (χ3v) is 6.08. The zero-order valence-electron chi connectivity index (χ0n) is 18.8. The van der Waals surface area contributed by atoms with E-state index in [0.717, 1.165) is 35.1 Å². The highest BCUT2D eigenvalue weighted by Crippen LogP contribution is 2.38. The summed E-state index contributed by atoms with van der Waals surface area (Å²) in [4.78, 5) is 9.57. The van der Waals surface area contributed by atoms with Crippen LogP contribution in [0.15, 0.2) is 49.1 Å². The number of hydrogen-bond acceptors (Lipinski definition) is 5. The van der Waals surface area contributed by atoms with E-state index in [1.54, 1.807) is 24.7 Å². The maximum Gasteiger partial charge on any atom is 0.158 e. The van der Waals surface area contributed by atoms with Crippen LogP contribution in [0.25, 0.3) is 33.5 Å². The molecule has 0 bridgehead atoms. The number of benzene rings is 1. The van der Waals surface area contributed by atoms with Crippen molar-refractivity contribution in [2.24, 2.45) is 0 Å². The monoisotopic (exact) mass is 452 g/mol. The van der Waals surface area contributed by atoms with Crippen molar-refractivity contribution in [3.05, 3.63) is 49.1 Å². The Labute approximate surface area is 193 Å². The van der Waals surface area contributed by atoms with E-state index < -0.39 is 0 Å². The maximum absolute atomic E-state index is 10.6. The number of rotatable bonds is 3. The van der Waals surface area contributed by atoms with Crippen molar-refractivity contribution >= 4 is 23.6 Å². The molecule has 5 rings (SSSR count). The number of phenolic OH excluding ortho intramolecular Hbond substituents is 1. The average Bonchev–Trinajstić information content (AvgIpc) is 3.35. The molecule has 1 saturated heterocycles. The summed E-state index contributed by atoms with van der Waals surface area (Å²) in [5.74, 6) is 0.175. The Morgan fingerprint density at radius 2 is 1.78 bits per heavy atom. The lowest BCUT2D eigenvalue weighted by Gasteiger charge is -2.47. The lowest BCUT2D eigenvalue weighted by atomic mass is 9.79. The standard InChI is InChI=1S/C24H28N6O.ClH/c1-23(2)10-17(11-24(3,4)29-23)30-8-7-19-22(30)25-14-20(28-19)18-6-5-15(9-21(18)31)16-12-26-27-13-16;/h5-9,12-14,17,29,31H,10-11H2,1-4H3,(H,26,27);1H. The minimum absolute atomic E-state index is 0. The molecular weight excluding hydrogens is 424 g/mol. The van der Waals surface area contributed by atoms with Crippen molar-refractivity contribution in [1.82, 2.24) is 30.0 Å². The average molecular weight is 453 g/mol. The second kappa shape index (κ2) is 7.90. The molecule has 3 N–H and O–H groups in total. The number of phenols is 1. The highest BCUT2D eigenvalue weighted by Gasteiger charge is 2.38. The van der Waals surface area contributed by atoms with Crippen molar-refractivity contribution in [2.45, 2.75) is 57.7 Å². The first-order chi connectivity index (χ1) is 14.7. The lowest BCUT2D eigenvalue weighted by molar-refractivity contribution is 0.134. The quantitative estimate of drug-likeness (QED) is 0.402. The molecule has 0 amide bonds. The van der Waals surface area contributed by atoms with Gasteiger partial charge < -0.3 is 15.0 Å². The first kappa shape index (κ1) is 22.3. The summed E-state index contributed by atoms with van der Waals surface area (Å²) in [7, 11) is 0. The number of nitrogens with zero attached hydrogens (tertiary/aromatic N) is 4. The van der Waals surface area contributed by atoms with Gasteiger partial charge in [-0.2, -0.15) is 5.10 Å². The number of H-pyrrole nitrogens is 1. The topological polar surface area (TPSA) is 91.7 Å². The van der Waals surface area contributed by atoms with E-state index in [-0.39, 0.29) is 29.2 Å². The highest BCUT2D eigenvalue weighted by molar-refractivity contribution is 5.85. The van der Waals surface area contributed by atoms with Gasteiger partial charge >= 0.3 is 0 Å². The summed E-state index contributed by atoms with van der Waals surface area (Å²) >= 11 is 0. The van der Waals surface area contributed by atoms with E-state index in [0.29, 0.717) is 17.3 Å². The smallest absolute Gasteiger partial charge is 0.158 e. The van der Waals surface area contributed by atoms with Crippen LogP contribution in [0, 0.1) is 0 Å². The maximum atomic E-state index is 10.6. The molecule has 1 fully saturated rings. The van der Waals surface area contributed by atoms with E-state index in [9.17, 15) is 5.11 Å². The molecule has 7 nitrogen and oxygen atoms in total. The number of aromatic hydroxyl groups is 1. The van der Waals surface area contributed by atoms with Crippen LogP contribution < -0.4 is 5.32 Å². The number of fused-ring (bicyclic) bond motifs is 1. The van der Waals surface area contributed by atoms with Gasteiger partial charge in [-0.3, -0.25) is 5.10 Å². The Hall–Kier alpha value is -2.90. The minimum atomic E-state index is 0. The first-order valence-electron chi connectivity index (χ1n) is 10.7. The molecule has 4 heterocycles. The largest absolute Gasteiger partial charge is 0.507 e. The summed E-state index contributed by atoms with van der Waals surface area (Å²) in [6, 6.07) is 7.94. The third kappa shape index (κ3) is 4.10. The minimum Gasteiger partial charge on any atom is -0.507 e. The molecule has 0 aliphatic carbocycles. The normalized spacial score (nSPS) is 17.9. The Balaban J connectivity index is 0.00000245. The summed E-state index contributed by atoms with van der Waals surface area (Å²) in [5, 5.41) is 21.1. The Bertz CT molecular complexity index is 1230. The zero-order valence-corrected chi connectivity index (χ0v) is 19.6. The second-order valence-corrected chi connectivity index (χ2v) is 9.86. The van der Waals surface area contributed by atoms with Crippen LogP contribution in [0.4, 0.5) is 0 Å². The molecular formula is C24H29ClN6O. The van der Waals surface area contributed by atoms with Crippen LogP contribution in [0.3, 0.4) is 0 Å². The Kier molecular flexibility index (Phi) is 5.51. The van der Waals surface area contributed by atoms with Gasteiger partial charge in [-0.1, -0.05) is 6.07 Å².